The second-order valence-corrected chi connectivity index (χ2v) is 10.9. The second kappa shape index (κ2) is 10.0. The van der Waals surface area contributed by atoms with Crippen LogP contribution in [0.2, 0.25) is 8.67 Å². The summed E-state index contributed by atoms with van der Waals surface area (Å²) >= 11 is 12.8. The maximum absolute atomic E-state index is 12.6. The molecular weight excluding hydrogens is 477 g/mol. The van der Waals surface area contributed by atoms with Crippen LogP contribution in [0.25, 0.3) is 0 Å². The van der Waals surface area contributed by atoms with Crippen LogP contribution in [-0.4, -0.2) is 39.9 Å². The Bertz CT molecular complexity index is 1150. The highest BCUT2D eigenvalue weighted by atomic mass is 35.5. The standard InChI is InChI=1S/C21H21Cl2N3O3S2/c1-26(2)17(14-6-4-3-5-7-14)13-24-21(27)15-8-10-16(11-9-15)25-31(28,29)18-12-19(22)30-20(18)23/h3-12,17,25H,13H2,1-2H3,(H,24,27). The highest BCUT2D eigenvalue weighted by molar-refractivity contribution is 7.93. The molecule has 0 saturated heterocycles. The minimum atomic E-state index is -3.88. The van der Waals surface area contributed by atoms with Crippen molar-refractivity contribution in [2.75, 3.05) is 25.4 Å². The summed E-state index contributed by atoms with van der Waals surface area (Å²) in [6, 6.07) is 17.4. The predicted molar refractivity (Wildman–Crippen MR) is 127 cm³/mol. The van der Waals surface area contributed by atoms with Crippen molar-refractivity contribution in [3.63, 3.8) is 0 Å². The molecule has 0 fully saturated rings. The molecule has 1 heterocycles. The van der Waals surface area contributed by atoms with Crippen LogP contribution in [0.15, 0.2) is 65.6 Å². The van der Waals surface area contributed by atoms with E-state index in [4.69, 9.17) is 23.2 Å². The number of nitrogens with zero attached hydrogens (tertiary/aromatic N) is 1. The first-order valence-corrected chi connectivity index (χ1v) is 12.3. The maximum atomic E-state index is 12.6. The first kappa shape index (κ1) is 23.6. The van der Waals surface area contributed by atoms with Gasteiger partial charge in [0.25, 0.3) is 15.9 Å². The number of nitrogens with one attached hydrogen (secondary N) is 2. The van der Waals surface area contributed by atoms with Gasteiger partial charge in [0, 0.05) is 17.8 Å². The molecule has 1 atom stereocenters. The number of benzene rings is 2. The lowest BCUT2D eigenvalue weighted by molar-refractivity contribution is 0.0942. The molecule has 0 spiro atoms. The second-order valence-electron chi connectivity index (χ2n) is 6.97. The van der Waals surface area contributed by atoms with Gasteiger partial charge in [0.15, 0.2) is 0 Å². The number of carbonyl (C=O) groups is 1. The summed E-state index contributed by atoms with van der Waals surface area (Å²) in [7, 11) is 0.0321. The largest absolute Gasteiger partial charge is 0.350 e. The molecular formula is C21H21Cl2N3O3S2. The van der Waals surface area contributed by atoms with E-state index in [1.54, 1.807) is 12.1 Å². The summed E-state index contributed by atoms with van der Waals surface area (Å²) in [5.41, 5.74) is 1.83. The summed E-state index contributed by atoms with van der Waals surface area (Å²) in [4.78, 5) is 14.5. The topological polar surface area (TPSA) is 78.5 Å². The van der Waals surface area contributed by atoms with Crippen molar-refractivity contribution in [3.8, 4) is 0 Å². The van der Waals surface area contributed by atoms with Crippen LogP contribution in [0.1, 0.15) is 22.0 Å². The van der Waals surface area contributed by atoms with Crippen molar-refractivity contribution in [1.82, 2.24) is 10.2 Å². The Balaban J connectivity index is 1.65. The van der Waals surface area contributed by atoms with Gasteiger partial charge in [0.2, 0.25) is 0 Å². The van der Waals surface area contributed by atoms with Gasteiger partial charge in [-0.3, -0.25) is 9.52 Å². The predicted octanol–water partition coefficient (Wildman–Crippen LogP) is 4.89. The monoisotopic (exact) mass is 497 g/mol. The molecule has 3 aromatic rings. The SMILES string of the molecule is CN(C)C(CNC(=O)c1ccc(NS(=O)(=O)c2cc(Cl)sc2Cl)cc1)c1ccccc1. The minimum absolute atomic E-state index is 0.0263. The molecule has 0 aliphatic rings. The number of thiophene rings is 1. The third-order valence-electron chi connectivity index (χ3n) is 4.58. The molecule has 1 unspecified atom stereocenters. The van der Waals surface area contributed by atoms with Gasteiger partial charge in [-0.25, -0.2) is 8.42 Å². The number of likely N-dealkylation sites (N-methyl/N-ethyl adjacent to an activating group) is 1. The minimum Gasteiger partial charge on any atom is -0.350 e. The first-order chi connectivity index (χ1) is 14.7. The number of rotatable bonds is 8. The lowest BCUT2D eigenvalue weighted by Gasteiger charge is -2.25. The van der Waals surface area contributed by atoms with Crippen molar-refractivity contribution in [1.29, 1.82) is 0 Å². The van der Waals surface area contributed by atoms with E-state index in [-0.39, 0.29) is 25.5 Å². The molecule has 1 aromatic heterocycles. The van der Waals surface area contributed by atoms with Gasteiger partial charge >= 0.3 is 0 Å². The number of carbonyl (C=O) groups excluding carboxylic acids is 1. The lowest BCUT2D eigenvalue weighted by atomic mass is 10.1. The molecule has 0 aliphatic heterocycles. The van der Waals surface area contributed by atoms with Gasteiger partial charge in [0.05, 0.1) is 10.4 Å². The number of hydrogen-bond acceptors (Lipinski definition) is 5. The summed E-state index contributed by atoms with van der Waals surface area (Å²) in [5, 5.41) is 2.93. The zero-order chi connectivity index (χ0) is 22.6. The van der Waals surface area contributed by atoms with Crippen molar-refractivity contribution in [2.45, 2.75) is 10.9 Å². The van der Waals surface area contributed by atoms with Crippen LogP contribution >= 0.6 is 34.5 Å². The Labute approximate surface area is 195 Å². The number of sulfonamides is 1. The van der Waals surface area contributed by atoms with Gasteiger partial charge < -0.3 is 10.2 Å². The maximum Gasteiger partial charge on any atom is 0.264 e. The molecule has 31 heavy (non-hydrogen) atoms. The molecule has 2 aromatic carbocycles. The van der Waals surface area contributed by atoms with Gasteiger partial charge in [-0.1, -0.05) is 53.5 Å². The molecule has 164 valence electrons. The van der Waals surface area contributed by atoms with Crippen molar-refractivity contribution < 1.29 is 13.2 Å². The van der Waals surface area contributed by atoms with Crippen molar-refractivity contribution in [2.24, 2.45) is 0 Å². The van der Waals surface area contributed by atoms with Crippen LogP contribution in [-0.2, 0) is 10.0 Å². The highest BCUT2D eigenvalue weighted by Crippen LogP contribution is 2.35. The zero-order valence-corrected chi connectivity index (χ0v) is 19.9. The van der Waals surface area contributed by atoms with Crippen LogP contribution < -0.4 is 10.0 Å². The summed E-state index contributed by atoms with van der Waals surface area (Å²) in [5.74, 6) is -0.246. The molecule has 1 amide bonds. The smallest absolute Gasteiger partial charge is 0.264 e. The van der Waals surface area contributed by atoms with E-state index in [0.29, 0.717) is 17.8 Å². The van der Waals surface area contributed by atoms with Crippen LogP contribution in [0, 0.1) is 0 Å². The van der Waals surface area contributed by atoms with Crippen molar-refractivity contribution in [3.05, 3.63) is 80.5 Å². The van der Waals surface area contributed by atoms with Gasteiger partial charge in [-0.15, -0.1) is 11.3 Å². The normalized spacial score (nSPS) is 12.5. The third kappa shape index (κ3) is 5.99. The quantitative estimate of drug-likeness (QED) is 0.464. The molecule has 0 radical (unpaired) electrons. The van der Waals surface area contributed by atoms with Crippen molar-refractivity contribution >= 4 is 56.2 Å². The van der Waals surface area contributed by atoms with Crippen LogP contribution in [0.3, 0.4) is 0 Å². The molecule has 0 bridgehead atoms. The molecule has 6 nitrogen and oxygen atoms in total. The summed E-state index contributed by atoms with van der Waals surface area (Å²) < 4.78 is 27.8. The average Bonchev–Trinajstić information content (AvgIpc) is 3.08. The van der Waals surface area contributed by atoms with E-state index in [1.165, 1.54) is 18.2 Å². The van der Waals surface area contributed by atoms with E-state index >= 15 is 0 Å². The molecule has 0 aliphatic carbocycles. The fourth-order valence-electron chi connectivity index (χ4n) is 2.97. The third-order valence-corrected chi connectivity index (χ3v) is 7.71. The highest BCUT2D eigenvalue weighted by Gasteiger charge is 2.21. The first-order valence-electron chi connectivity index (χ1n) is 9.24. The number of halogens is 2. The van der Waals surface area contributed by atoms with E-state index in [2.05, 4.69) is 10.0 Å². The number of hydrogen-bond donors (Lipinski definition) is 2. The Hall–Kier alpha value is -2.10. The summed E-state index contributed by atoms with van der Waals surface area (Å²) in [6.07, 6.45) is 0. The van der Waals surface area contributed by atoms with E-state index in [1.807, 2.05) is 49.3 Å². The van der Waals surface area contributed by atoms with E-state index in [9.17, 15) is 13.2 Å². The van der Waals surface area contributed by atoms with Gasteiger partial charge in [0.1, 0.15) is 9.23 Å². The lowest BCUT2D eigenvalue weighted by Crippen LogP contribution is -2.34. The van der Waals surface area contributed by atoms with E-state index in [0.717, 1.165) is 16.9 Å². The Morgan fingerprint density at radius 1 is 1.06 bits per heavy atom. The molecule has 3 rings (SSSR count). The van der Waals surface area contributed by atoms with Crippen LogP contribution in [0.5, 0.6) is 0 Å². The Morgan fingerprint density at radius 3 is 2.26 bits per heavy atom. The number of anilines is 1. The Morgan fingerprint density at radius 2 is 1.71 bits per heavy atom. The summed E-state index contributed by atoms with van der Waals surface area (Å²) in [6.45, 7) is 0.432. The van der Waals surface area contributed by atoms with E-state index < -0.39 is 10.0 Å². The fourth-order valence-corrected chi connectivity index (χ4v) is 6.18. The molecule has 10 heteroatoms. The zero-order valence-electron chi connectivity index (χ0n) is 16.8. The fraction of sp³-hybridized carbons (Fsp3) is 0.190. The van der Waals surface area contributed by atoms with Gasteiger partial charge in [-0.05, 0) is 50.0 Å². The van der Waals surface area contributed by atoms with Crippen LogP contribution in [0.4, 0.5) is 5.69 Å². The molecule has 0 saturated carbocycles. The van der Waals surface area contributed by atoms with Gasteiger partial charge in [-0.2, -0.15) is 0 Å². The average molecular weight is 498 g/mol. The molecule has 2 N–H and O–H groups in total. The number of amides is 1. The Kier molecular flexibility index (Phi) is 7.61.